The number of hydrogen-bond acceptors (Lipinski definition) is 2. The average molecular weight is 347 g/mol. The van der Waals surface area contributed by atoms with Crippen LogP contribution in [0.2, 0.25) is 0 Å². The molecule has 4 nitrogen and oxygen atoms in total. The second kappa shape index (κ2) is 7.59. The molecular formula is C16H15BrN2O2. The minimum absolute atomic E-state index is 0.0435. The van der Waals surface area contributed by atoms with Gasteiger partial charge in [-0.3, -0.25) is 9.59 Å². The Bertz CT molecular complexity index is 629. The summed E-state index contributed by atoms with van der Waals surface area (Å²) in [4.78, 5) is 23.5. The SMILES string of the molecule is O=C(CNC(=O)c1ccccc1)NCc1ccccc1Br. The van der Waals surface area contributed by atoms with Gasteiger partial charge < -0.3 is 10.6 Å². The van der Waals surface area contributed by atoms with E-state index in [2.05, 4.69) is 26.6 Å². The maximum Gasteiger partial charge on any atom is 0.251 e. The van der Waals surface area contributed by atoms with Gasteiger partial charge in [0.2, 0.25) is 5.91 Å². The van der Waals surface area contributed by atoms with Crippen molar-refractivity contribution in [3.8, 4) is 0 Å². The predicted octanol–water partition coefficient (Wildman–Crippen LogP) is 2.50. The quantitative estimate of drug-likeness (QED) is 0.873. The van der Waals surface area contributed by atoms with Crippen molar-refractivity contribution in [3.05, 3.63) is 70.2 Å². The zero-order valence-electron chi connectivity index (χ0n) is 11.3. The van der Waals surface area contributed by atoms with Gasteiger partial charge in [-0.15, -0.1) is 0 Å². The standard InChI is InChI=1S/C16H15BrN2O2/c17-14-9-5-4-8-13(14)10-18-15(20)11-19-16(21)12-6-2-1-3-7-12/h1-9H,10-11H2,(H,18,20)(H,19,21). The van der Waals surface area contributed by atoms with Gasteiger partial charge in [0, 0.05) is 16.6 Å². The maximum atomic E-state index is 11.8. The first kappa shape index (κ1) is 15.3. The summed E-state index contributed by atoms with van der Waals surface area (Å²) in [6, 6.07) is 16.5. The van der Waals surface area contributed by atoms with Crippen LogP contribution in [0.25, 0.3) is 0 Å². The van der Waals surface area contributed by atoms with Crippen LogP contribution in [-0.4, -0.2) is 18.4 Å². The minimum Gasteiger partial charge on any atom is -0.350 e. The molecule has 0 aliphatic heterocycles. The summed E-state index contributed by atoms with van der Waals surface area (Å²) >= 11 is 3.42. The van der Waals surface area contributed by atoms with Crippen LogP contribution in [0.4, 0.5) is 0 Å². The number of benzene rings is 2. The van der Waals surface area contributed by atoms with E-state index in [0.717, 1.165) is 10.0 Å². The summed E-state index contributed by atoms with van der Waals surface area (Å²) in [6.07, 6.45) is 0. The number of hydrogen-bond donors (Lipinski definition) is 2. The molecule has 0 bridgehead atoms. The Morgan fingerprint density at radius 1 is 0.905 bits per heavy atom. The molecule has 0 heterocycles. The lowest BCUT2D eigenvalue weighted by Crippen LogP contribution is -2.36. The van der Waals surface area contributed by atoms with E-state index >= 15 is 0 Å². The third-order valence-electron chi connectivity index (χ3n) is 2.88. The van der Waals surface area contributed by atoms with E-state index in [1.165, 1.54) is 0 Å². The second-order valence-electron chi connectivity index (χ2n) is 4.42. The Balaban J connectivity index is 1.78. The summed E-state index contributed by atoms with van der Waals surface area (Å²) in [6.45, 7) is 0.375. The zero-order chi connectivity index (χ0) is 15.1. The lowest BCUT2D eigenvalue weighted by molar-refractivity contribution is -0.120. The molecule has 0 saturated carbocycles. The number of nitrogens with one attached hydrogen (secondary N) is 2. The van der Waals surface area contributed by atoms with E-state index in [0.29, 0.717) is 12.1 Å². The molecule has 0 atom stereocenters. The van der Waals surface area contributed by atoms with Crippen LogP contribution in [-0.2, 0) is 11.3 Å². The second-order valence-corrected chi connectivity index (χ2v) is 5.27. The summed E-state index contributed by atoms with van der Waals surface area (Å²) in [5.41, 5.74) is 1.52. The molecule has 2 N–H and O–H groups in total. The van der Waals surface area contributed by atoms with Crippen LogP contribution in [0.5, 0.6) is 0 Å². The Labute approximate surface area is 131 Å². The van der Waals surface area contributed by atoms with Gasteiger partial charge in [0.1, 0.15) is 0 Å². The molecule has 0 saturated heterocycles. The van der Waals surface area contributed by atoms with Crippen LogP contribution >= 0.6 is 15.9 Å². The van der Waals surface area contributed by atoms with Crippen molar-refractivity contribution >= 4 is 27.7 Å². The van der Waals surface area contributed by atoms with Crippen LogP contribution in [0, 0.1) is 0 Å². The number of amides is 2. The molecule has 0 aromatic heterocycles. The highest BCUT2D eigenvalue weighted by Gasteiger charge is 2.07. The highest BCUT2D eigenvalue weighted by molar-refractivity contribution is 9.10. The van der Waals surface area contributed by atoms with Crippen LogP contribution < -0.4 is 10.6 Å². The molecule has 2 aromatic carbocycles. The van der Waals surface area contributed by atoms with Crippen molar-refractivity contribution in [2.75, 3.05) is 6.54 Å². The average Bonchev–Trinajstić information content (AvgIpc) is 2.52. The minimum atomic E-state index is -0.258. The molecule has 21 heavy (non-hydrogen) atoms. The van der Waals surface area contributed by atoms with E-state index in [4.69, 9.17) is 0 Å². The summed E-state index contributed by atoms with van der Waals surface area (Å²) < 4.78 is 0.943. The third kappa shape index (κ3) is 4.72. The van der Waals surface area contributed by atoms with E-state index in [-0.39, 0.29) is 18.4 Å². The third-order valence-corrected chi connectivity index (χ3v) is 3.65. The zero-order valence-corrected chi connectivity index (χ0v) is 12.9. The van der Waals surface area contributed by atoms with Crippen molar-refractivity contribution < 1.29 is 9.59 Å². The molecule has 2 rings (SSSR count). The van der Waals surface area contributed by atoms with Crippen molar-refractivity contribution in [2.45, 2.75) is 6.54 Å². The van der Waals surface area contributed by atoms with Crippen LogP contribution in [0.1, 0.15) is 15.9 Å². The van der Waals surface area contributed by atoms with E-state index in [1.807, 2.05) is 30.3 Å². The fraction of sp³-hybridized carbons (Fsp3) is 0.125. The molecule has 0 spiro atoms. The molecule has 0 unspecified atom stereocenters. The van der Waals surface area contributed by atoms with Gasteiger partial charge in [0.05, 0.1) is 6.54 Å². The first-order valence-corrected chi connectivity index (χ1v) is 7.29. The molecule has 108 valence electrons. The fourth-order valence-electron chi connectivity index (χ4n) is 1.75. The van der Waals surface area contributed by atoms with Gasteiger partial charge in [-0.2, -0.15) is 0 Å². The van der Waals surface area contributed by atoms with Crippen molar-refractivity contribution in [1.29, 1.82) is 0 Å². The van der Waals surface area contributed by atoms with Gasteiger partial charge in [-0.1, -0.05) is 52.3 Å². The Morgan fingerprint density at radius 2 is 1.57 bits per heavy atom. The molecular weight excluding hydrogens is 332 g/mol. The summed E-state index contributed by atoms with van der Waals surface area (Å²) in [5, 5.41) is 5.35. The molecule has 0 aliphatic carbocycles. The first-order valence-electron chi connectivity index (χ1n) is 6.50. The van der Waals surface area contributed by atoms with Crippen LogP contribution in [0.3, 0.4) is 0 Å². The van der Waals surface area contributed by atoms with E-state index in [9.17, 15) is 9.59 Å². The number of carbonyl (C=O) groups is 2. The van der Waals surface area contributed by atoms with Gasteiger partial charge >= 0.3 is 0 Å². The van der Waals surface area contributed by atoms with Crippen molar-refractivity contribution in [2.24, 2.45) is 0 Å². The molecule has 0 aliphatic rings. The summed E-state index contributed by atoms with van der Waals surface area (Å²) in [7, 11) is 0. The Morgan fingerprint density at radius 3 is 2.29 bits per heavy atom. The predicted molar refractivity (Wildman–Crippen MR) is 84.8 cm³/mol. The fourth-order valence-corrected chi connectivity index (χ4v) is 2.18. The first-order chi connectivity index (χ1) is 10.2. The molecule has 2 amide bonds. The largest absolute Gasteiger partial charge is 0.350 e. The normalized spacial score (nSPS) is 9.95. The molecule has 0 radical (unpaired) electrons. The Hall–Kier alpha value is -2.14. The highest BCUT2D eigenvalue weighted by atomic mass is 79.9. The highest BCUT2D eigenvalue weighted by Crippen LogP contribution is 2.15. The molecule has 2 aromatic rings. The lowest BCUT2D eigenvalue weighted by atomic mass is 10.2. The van der Waals surface area contributed by atoms with Crippen molar-refractivity contribution in [1.82, 2.24) is 10.6 Å². The topological polar surface area (TPSA) is 58.2 Å². The lowest BCUT2D eigenvalue weighted by Gasteiger charge is -2.08. The van der Waals surface area contributed by atoms with Crippen molar-refractivity contribution in [3.63, 3.8) is 0 Å². The Kier molecular flexibility index (Phi) is 5.51. The van der Waals surface area contributed by atoms with E-state index < -0.39 is 0 Å². The van der Waals surface area contributed by atoms with E-state index in [1.54, 1.807) is 24.3 Å². The smallest absolute Gasteiger partial charge is 0.251 e. The monoisotopic (exact) mass is 346 g/mol. The maximum absolute atomic E-state index is 11.8. The van der Waals surface area contributed by atoms with Gasteiger partial charge in [-0.25, -0.2) is 0 Å². The molecule has 5 heteroatoms. The summed E-state index contributed by atoms with van der Waals surface area (Å²) in [5.74, 6) is -0.485. The number of carbonyl (C=O) groups excluding carboxylic acids is 2. The van der Waals surface area contributed by atoms with Crippen LogP contribution in [0.15, 0.2) is 59.1 Å². The number of rotatable bonds is 5. The van der Waals surface area contributed by atoms with Gasteiger partial charge in [0.25, 0.3) is 5.91 Å². The molecule has 0 fully saturated rings. The number of halogens is 1. The van der Waals surface area contributed by atoms with Gasteiger partial charge in [-0.05, 0) is 23.8 Å². The van der Waals surface area contributed by atoms with Gasteiger partial charge in [0.15, 0.2) is 0 Å².